The number of benzene rings is 2. The molecule has 0 aliphatic carbocycles. The lowest BCUT2D eigenvalue weighted by Gasteiger charge is -2.12. The largest absolute Gasteiger partial charge is 0.493 e. The number of hydrogen-bond acceptors (Lipinski definition) is 3. The number of rotatable bonds is 5. The number of hydrogen-bond donors (Lipinski definition) is 1. The van der Waals surface area contributed by atoms with Crippen LogP contribution in [0.25, 0.3) is 0 Å². The minimum absolute atomic E-state index is 0.128. The summed E-state index contributed by atoms with van der Waals surface area (Å²) in [6, 6.07) is 10.3. The van der Waals surface area contributed by atoms with Crippen LogP contribution in [0, 0.1) is 5.82 Å². The quantitative estimate of drug-likeness (QED) is 0.904. The molecule has 0 aliphatic rings. The summed E-state index contributed by atoms with van der Waals surface area (Å²) in [7, 11) is 1.56. The predicted molar refractivity (Wildman–Crippen MR) is 79.3 cm³/mol. The predicted octanol–water partition coefficient (Wildman–Crippen LogP) is 3.63. The Labute approximate surface area is 125 Å². The highest BCUT2D eigenvalue weighted by Crippen LogP contribution is 2.29. The standard InChI is InChI=1S/C15H15BrFNO2/c1-19-14-5-2-10(8-18)6-15(14)20-9-11-3-4-12(16)7-13(11)17/h2-7H,8-9,18H2,1H3. The van der Waals surface area contributed by atoms with Crippen LogP contribution in [0.15, 0.2) is 40.9 Å². The topological polar surface area (TPSA) is 44.5 Å². The Bertz CT molecular complexity index is 604. The molecule has 2 rings (SSSR count). The van der Waals surface area contributed by atoms with E-state index >= 15 is 0 Å². The molecule has 0 amide bonds. The molecule has 0 unspecified atom stereocenters. The maximum atomic E-state index is 13.7. The molecule has 0 saturated carbocycles. The lowest BCUT2D eigenvalue weighted by atomic mass is 10.2. The molecule has 0 fully saturated rings. The van der Waals surface area contributed by atoms with Crippen LogP contribution in [0.3, 0.4) is 0 Å². The Hall–Kier alpha value is -1.59. The van der Waals surface area contributed by atoms with E-state index < -0.39 is 0 Å². The molecular weight excluding hydrogens is 325 g/mol. The van der Waals surface area contributed by atoms with Gasteiger partial charge < -0.3 is 15.2 Å². The van der Waals surface area contributed by atoms with Gasteiger partial charge in [0.25, 0.3) is 0 Å². The van der Waals surface area contributed by atoms with Crippen molar-refractivity contribution in [3.8, 4) is 11.5 Å². The first-order valence-corrected chi connectivity index (χ1v) is 6.87. The fourth-order valence-corrected chi connectivity index (χ4v) is 2.09. The zero-order chi connectivity index (χ0) is 14.5. The molecule has 0 aromatic heterocycles. The Balaban J connectivity index is 2.17. The second-order valence-corrected chi connectivity index (χ2v) is 5.13. The van der Waals surface area contributed by atoms with Gasteiger partial charge in [-0.1, -0.05) is 28.1 Å². The summed E-state index contributed by atoms with van der Waals surface area (Å²) in [6.07, 6.45) is 0. The van der Waals surface area contributed by atoms with Crippen LogP contribution in [0.2, 0.25) is 0 Å². The summed E-state index contributed by atoms with van der Waals surface area (Å²) in [6.45, 7) is 0.538. The number of halogens is 2. The number of ether oxygens (including phenoxy) is 2. The first kappa shape index (κ1) is 14.8. The van der Waals surface area contributed by atoms with Crippen molar-refractivity contribution in [2.24, 2.45) is 5.73 Å². The van der Waals surface area contributed by atoms with Gasteiger partial charge in [-0.2, -0.15) is 0 Å². The minimum Gasteiger partial charge on any atom is -0.493 e. The monoisotopic (exact) mass is 339 g/mol. The van der Waals surface area contributed by atoms with Gasteiger partial charge >= 0.3 is 0 Å². The van der Waals surface area contributed by atoms with E-state index in [1.54, 1.807) is 31.4 Å². The average molecular weight is 340 g/mol. The van der Waals surface area contributed by atoms with E-state index in [1.165, 1.54) is 6.07 Å². The van der Waals surface area contributed by atoms with Crippen molar-refractivity contribution in [3.63, 3.8) is 0 Å². The number of methoxy groups -OCH3 is 1. The van der Waals surface area contributed by atoms with Gasteiger partial charge in [0, 0.05) is 16.6 Å². The first-order chi connectivity index (χ1) is 9.63. The fourth-order valence-electron chi connectivity index (χ4n) is 1.76. The highest BCUT2D eigenvalue weighted by atomic mass is 79.9. The van der Waals surface area contributed by atoms with E-state index in [-0.39, 0.29) is 12.4 Å². The molecule has 0 radical (unpaired) electrons. The lowest BCUT2D eigenvalue weighted by Crippen LogP contribution is -2.02. The highest BCUT2D eigenvalue weighted by molar-refractivity contribution is 9.10. The second-order valence-electron chi connectivity index (χ2n) is 4.21. The fraction of sp³-hybridized carbons (Fsp3) is 0.200. The number of nitrogens with two attached hydrogens (primary N) is 1. The van der Waals surface area contributed by atoms with E-state index in [4.69, 9.17) is 15.2 Å². The summed E-state index contributed by atoms with van der Waals surface area (Å²) < 4.78 is 25.3. The maximum Gasteiger partial charge on any atom is 0.161 e. The van der Waals surface area contributed by atoms with Crippen molar-refractivity contribution in [1.29, 1.82) is 0 Å². The summed E-state index contributed by atoms with van der Waals surface area (Å²) in [4.78, 5) is 0. The van der Waals surface area contributed by atoms with Crippen LogP contribution in [-0.2, 0) is 13.2 Å². The zero-order valence-electron chi connectivity index (χ0n) is 11.0. The van der Waals surface area contributed by atoms with Crippen molar-refractivity contribution in [2.45, 2.75) is 13.2 Å². The third-order valence-corrected chi connectivity index (χ3v) is 3.36. The van der Waals surface area contributed by atoms with Gasteiger partial charge in [0.05, 0.1) is 7.11 Å². The molecule has 2 N–H and O–H groups in total. The lowest BCUT2D eigenvalue weighted by molar-refractivity contribution is 0.279. The second kappa shape index (κ2) is 6.72. The molecule has 0 heterocycles. The van der Waals surface area contributed by atoms with Gasteiger partial charge in [0.2, 0.25) is 0 Å². The molecule has 2 aromatic carbocycles. The van der Waals surface area contributed by atoms with Crippen LogP contribution < -0.4 is 15.2 Å². The third-order valence-electron chi connectivity index (χ3n) is 2.86. The molecule has 3 nitrogen and oxygen atoms in total. The summed E-state index contributed by atoms with van der Waals surface area (Å²) in [5, 5.41) is 0. The van der Waals surface area contributed by atoms with Crippen molar-refractivity contribution >= 4 is 15.9 Å². The van der Waals surface area contributed by atoms with Crippen molar-refractivity contribution < 1.29 is 13.9 Å². The average Bonchev–Trinajstić information content (AvgIpc) is 2.46. The SMILES string of the molecule is COc1ccc(CN)cc1OCc1ccc(Br)cc1F. The smallest absolute Gasteiger partial charge is 0.161 e. The molecule has 0 bridgehead atoms. The van der Waals surface area contributed by atoms with Gasteiger partial charge in [0.15, 0.2) is 11.5 Å². The normalized spacial score (nSPS) is 10.4. The van der Waals surface area contributed by atoms with Crippen molar-refractivity contribution in [1.82, 2.24) is 0 Å². The minimum atomic E-state index is -0.312. The van der Waals surface area contributed by atoms with Crippen LogP contribution in [0.4, 0.5) is 4.39 Å². The van der Waals surface area contributed by atoms with E-state index in [0.29, 0.717) is 28.1 Å². The van der Waals surface area contributed by atoms with Crippen molar-refractivity contribution in [3.05, 3.63) is 57.8 Å². The summed E-state index contributed by atoms with van der Waals surface area (Å²) in [5.41, 5.74) is 7.00. The molecular formula is C15H15BrFNO2. The maximum absolute atomic E-state index is 13.7. The summed E-state index contributed by atoms with van der Waals surface area (Å²) in [5.74, 6) is 0.839. The molecule has 5 heteroatoms. The van der Waals surface area contributed by atoms with Gasteiger partial charge in [-0.3, -0.25) is 0 Å². The molecule has 0 spiro atoms. The van der Waals surface area contributed by atoms with Gasteiger partial charge in [-0.25, -0.2) is 4.39 Å². The van der Waals surface area contributed by atoms with Gasteiger partial charge in [0.1, 0.15) is 12.4 Å². The van der Waals surface area contributed by atoms with E-state index in [0.717, 1.165) is 5.56 Å². The molecule has 0 aliphatic heterocycles. The molecule has 0 saturated heterocycles. The van der Waals surface area contributed by atoms with Crippen LogP contribution in [0.1, 0.15) is 11.1 Å². The van der Waals surface area contributed by atoms with Gasteiger partial charge in [-0.15, -0.1) is 0 Å². The molecule has 20 heavy (non-hydrogen) atoms. The zero-order valence-corrected chi connectivity index (χ0v) is 12.6. The Morgan fingerprint density at radius 2 is 1.95 bits per heavy atom. The Kier molecular flexibility index (Phi) is 4.98. The van der Waals surface area contributed by atoms with E-state index in [1.807, 2.05) is 6.07 Å². The molecule has 106 valence electrons. The van der Waals surface area contributed by atoms with Crippen molar-refractivity contribution in [2.75, 3.05) is 7.11 Å². The van der Waals surface area contributed by atoms with Crippen LogP contribution in [0.5, 0.6) is 11.5 Å². The molecule has 2 aromatic rings. The first-order valence-electron chi connectivity index (χ1n) is 6.07. The Morgan fingerprint density at radius 1 is 1.15 bits per heavy atom. The third kappa shape index (κ3) is 3.49. The Morgan fingerprint density at radius 3 is 2.60 bits per heavy atom. The van der Waals surface area contributed by atoms with E-state index in [9.17, 15) is 4.39 Å². The van der Waals surface area contributed by atoms with Gasteiger partial charge in [-0.05, 0) is 29.8 Å². The van der Waals surface area contributed by atoms with Crippen LogP contribution >= 0.6 is 15.9 Å². The highest BCUT2D eigenvalue weighted by Gasteiger charge is 2.08. The summed E-state index contributed by atoms with van der Waals surface area (Å²) >= 11 is 3.22. The van der Waals surface area contributed by atoms with E-state index in [2.05, 4.69) is 15.9 Å². The molecule has 0 atom stereocenters. The van der Waals surface area contributed by atoms with Crippen LogP contribution in [-0.4, -0.2) is 7.11 Å².